The Labute approximate surface area is 147 Å². The third kappa shape index (κ3) is 3.95. The van der Waals surface area contributed by atoms with Crippen LogP contribution >= 0.6 is 0 Å². The zero-order valence-corrected chi connectivity index (χ0v) is 14.3. The first-order valence-corrected chi connectivity index (χ1v) is 8.18. The number of nitrogens with one attached hydrogen (secondary N) is 2. The summed E-state index contributed by atoms with van der Waals surface area (Å²) < 4.78 is 38.0. The van der Waals surface area contributed by atoms with Gasteiger partial charge >= 0.3 is 6.18 Å². The van der Waals surface area contributed by atoms with Crippen molar-refractivity contribution in [1.29, 1.82) is 0 Å². The highest BCUT2D eigenvalue weighted by Crippen LogP contribution is 2.37. The lowest BCUT2D eigenvalue weighted by molar-refractivity contribution is -0.137. The minimum Gasteiger partial charge on any atom is -0.342 e. The SMILES string of the molecule is CC(C)(NC(=O)c1cc(=O)[nH]c(C2CC2)n1)c1ccc(C(F)(F)F)cc1. The van der Waals surface area contributed by atoms with Gasteiger partial charge in [0, 0.05) is 12.0 Å². The van der Waals surface area contributed by atoms with E-state index in [1.165, 1.54) is 12.1 Å². The molecule has 8 heteroatoms. The molecule has 0 radical (unpaired) electrons. The summed E-state index contributed by atoms with van der Waals surface area (Å²) in [6, 6.07) is 5.71. The first kappa shape index (κ1) is 18.2. The molecule has 0 aliphatic heterocycles. The van der Waals surface area contributed by atoms with Crippen molar-refractivity contribution in [3.63, 3.8) is 0 Å². The molecule has 2 aromatic rings. The smallest absolute Gasteiger partial charge is 0.342 e. The zero-order chi connectivity index (χ0) is 19.1. The number of benzene rings is 1. The van der Waals surface area contributed by atoms with Crippen molar-refractivity contribution >= 4 is 5.91 Å². The van der Waals surface area contributed by atoms with Gasteiger partial charge in [-0.15, -0.1) is 0 Å². The molecule has 1 aliphatic rings. The van der Waals surface area contributed by atoms with Gasteiger partial charge in [-0.3, -0.25) is 9.59 Å². The fourth-order valence-electron chi connectivity index (χ4n) is 2.64. The Morgan fingerprint density at radius 3 is 2.27 bits per heavy atom. The van der Waals surface area contributed by atoms with E-state index in [1.54, 1.807) is 13.8 Å². The van der Waals surface area contributed by atoms with Gasteiger partial charge in [0.1, 0.15) is 11.5 Å². The van der Waals surface area contributed by atoms with Crippen LogP contribution in [0.4, 0.5) is 13.2 Å². The van der Waals surface area contributed by atoms with Gasteiger partial charge < -0.3 is 10.3 Å². The number of hydrogen-bond acceptors (Lipinski definition) is 3. The van der Waals surface area contributed by atoms with Gasteiger partial charge in [0.25, 0.3) is 11.5 Å². The van der Waals surface area contributed by atoms with Gasteiger partial charge in [0.15, 0.2) is 0 Å². The lowest BCUT2D eigenvalue weighted by Gasteiger charge is -2.27. The molecule has 0 bridgehead atoms. The molecule has 1 aliphatic carbocycles. The maximum atomic E-state index is 12.7. The molecule has 1 saturated carbocycles. The molecule has 0 spiro atoms. The standard InChI is InChI=1S/C18H18F3N3O2/c1-17(2,11-5-7-12(8-6-11)18(19,20)21)24-16(26)13-9-14(25)23-15(22-13)10-3-4-10/h5-10H,3-4H2,1-2H3,(H,24,26)(H,22,23,25). The second-order valence-electron chi connectivity index (χ2n) is 6.94. The Bertz CT molecular complexity index is 882. The molecule has 0 unspecified atom stereocenters. The fourth-order valence-corrected chi connectivity index (χ4v) is 2.64. The van der Waals surface area contributed by atoms with Crippen molar-refractivity contribution < 1.29 is 18.0 Å². The average Bonchev–Trinajstić information content (AvgIpc) is 3.38. The molecule has 5 nitrogen and oxygen atoms in total. The summed E-state index contributed by atoms with van der Waals surface area (Å²) in [6.07, 6.45) is -2.57. The van der Waals surface area contributed by atoms with Crippen molar-refractivity contribution in [1.82, 2.24) is 15.3 Å². The summed E-state index contributed by atoms with van der Waals surface area (Å²) in [7, 11) is 0. The van der Waals surface area contributed by atoms with Crippen LogP contribution in [0.1, 0.15) is 60.0 Å². The van der Waals surface area contributed by atoms with E-state index >= 15 is 0 Å². The monoisotopic (exact) mass is 365 g/mol. The van der Waals surface area contributed by atoms with Crippen LogP contribution in [0.2, 0.25) is 0 Å². The summed E-state index contributed by atoms with van der Waals surface area (Å²) in [5.41, 5.74) is -1.60. The molecular weight excluding hydrogens is 347 g/mol. The van der Waals surface area contributed by atoms with E-state index in [2.05, 4.69) is 15.3 Å². The van der Waals surface area contributed by atoms with E-state index in [0.717, 1.165) is 31.0 Å². The van der Waals surface area contributed by atoms with Crippen molar-refractivity contribution in [2.24, 2.45) is 0 Å². The van der Waals surface area contributed by atoms with E-state index in [-0.39, 0.29) is 11.6 Å². The lowest BCUT2D eigenvalue weighted by Crippen LogP contribution is -2.41. The first-order valence-electron chi connectivity index (χ1n) is 8.18. The maximum Gasteiger partial charge on any atom is 0.416 e. The van der Waals surface area contributed by atoms with Gasteiger partial charge in [0.05, 0.1) is 11.1 Å². The number of aromatic nitrogens is 2. The largest absolute Gasteiger partial charge is 0.416 e. The van der Waals surface area contributed by atoms with Gasteiger partial charge in [-0.25, -0.2) is 4.98 Å². The van der Waals surface area contributed by atoms with Crippen molar-refractivity contribution in [3.05, 3.63) is 63.3 Å². The quantitative estimate of drug-likeness (QED) is 0.873. The van der Waals surface area contributed by atoms with E-state index in [4.69, 9.17) is 0 Å². The summed E-state index contributed by atoms with van der Waals surface area (Å²) in [5, 5.41) is 2.73. The molecule has 1 fully saturated rings. The molecule has 138 valence electrons. The number of H-pyrrole nitrogens is 1. The normalized spacial score (nSPS) is 15.0. The first-order chi connectivity index (χ1) is 12.1. The van der Waals surface area contributed by atoms with Gasteiger partial charge in [-0.2, -0.15) is 13.2 Å². The van der Waals surface area contributed by atoms with Crippen LogP contribution in [0.15, 0.2) is 35.1 Å². The Balaban J connectivity index is 1.80. The van der Waals surface area contributed by atoms with Crippen molar-refractivity contribution in [2.45, 2.75) is 44.3 Å². The number of alkyl halides is 3. The number of aromatic amines is 1. The molecule has 0 atom stereocenters. The molecule has 1 aromatic heterocycles. The average molecular weight is 365 g/mol. The number of halogens is 3. The van der Waals surface area contributed by atoms with Crippen LogP contribution in [0.25, 0.3) is 0 Å². The molecule has 26 heavy (non-hydrogen) atoms. The molecule has 1 aromatic carbocycles. The predicted molar refractivity (Wildman–Crippen MR) is 88.8 cm³/mol. The third-order valence-electron chi connectivity index (χ3n) is 4.32. The van der Waals surface area contributed by atoms with Crippen LogP contribution in [-0.4, -0.2) is 15.9 Å². The lowest BCUT2D eigenvalue weighted by atomic mass is 9.93. The van der Waals surface area contributed by atoms with E-state index in [0.29, 0.717) is 11.4 Å². The summed E-state index contributed by atoms with van der Waals surface area (Å²) >= 11 is 0. The highest BCUT2D eigenvalue weighted by molar-refractivity contribution is 5.92. The number of amides is 1. The minimum absolute atomic E-state index is 0.00404. The molecule has 2 N–H and O–H groups in total. The third-order valence-corrected chi connectivity index (χ3v) is 4.32. The number of carbonyl (C=O) groups is 1. The number of hydrogen-bond donors (Lipinski definition) is 2. The highest BCUT2D eigenvalue weighted by Gasteiger charge is 2.32. The summed E-state index contributed by atoms with van der Waals surface area (Å²) in [4.78, 5) is 31.1. The molecule has 3 rings (SSSR count). The highest BCUT2D eigenvalue weighted by atomic mass is 19.4. The van der Waals surface area contributed by atoms with Crippen molar-refractivity contribution in [3.8, 4) is 0 Å². The van der Waals surface area contributed by atoms with E-state index in [1.807, 2.05) is 0 Å². The van der Waals surface area contributed by atoms with Gasteiger partial charge in [-0.05, 0) is 44.4 Å². The van der Waals surface area contributed by atoms with Crippen LogP contribution in [-0.2, 0) is 11.7 Å². The molecule has 0 saturated heterocycles. The predicted octanol–water partition coefficient (Wildman–Crippen LogP) is 3.33. The van der Waals surface area contributed by atoms with Crippen molar-refractivity contribution in [2.75, 3.05) is 0 Å². The number of rotatable bonds is 4. The van der Waals surface area contributed by atoms with Gasteiger partial charge in [0.2, 0.25) is 0 Å². The summed E-state index contributed by atoms with van der Waals surface area (Å²) in [6.45, 7) is 3.34. The fraction of sp³-hybridized carbons (Fsp3) is 0.389. The molecule has 1 heterocycles. The Morgan fingerprint density at radius 2 is 1.73 bits per heavy atom. The summed E-state index contributed by atoms with van der Waals surface area (Å²) in [5.74, 6) is 0.122. The Morgan fingerprint density at radius 1 is 1.15 bits per heavy atom. The second-order valence-corrected chi connectivity index (χ2v) is 6.94. The Hall–Kier alpha value is -2.64. The Kier molecular flexibility index (Phi) is 4.37. The molecular formula is C18H18F3N3O2. The molecule has 1 amide bonds. The minimum atomic E-state index is -4.42. The van der Waals surface area contributed by atoms with Crippen LogP contribution in [0.5, 0.6) is 0 Å². The number of nitrogens with zero attached hydrogens (tertiary/aromatic N) is 1. The van der Waals surface area contributed by atoms with Gasteiger partial charge in [-0.1, -0.05) is 12.1 Å². The van der Waals surface area contributed by atoms with E-state index < -0.39 is 28.7 Å². The topological polar surface area (TPSA) is 74.8 Å². The van der Waals surface area contributed by atoms with Crippen LogP contribution < -0.4 is 10.9 Å². The number of carbonyl (C=O) groups excluding carboxylic acids is 1. The van der Waals surface area contributed by atoms with E-state index in [9.17, 15) is 22.8 Å². The second kappa shape index (κ2) is 6.26. The maximum absolute atomic E-state index is 12.7. The van der Waals surface area contributed by atoms with Crippen LogP contribution in [0.3, 0.4) is 0 Å². The van der Waals surface area contributed by atoms with Crippen LogP contribution in [0, 0.1) is 0 Å². The zero-order valence-electron chi connectivity index (χ0n) is 14.3.